The molecule has 0 saturated carbocycles. The highest BCUT2D eigenvalue weighted by molar-refractivity contribution is 5.99. The van der Waals surface area contributed by atoms with Crippen LogP contribution in [0.4, 0.5) is 10.1 Å². The van der Waals surface area contributed by atoms with Crippen LogP contribution in [0.2, 0.25) is 0 Å². The largest absolute Gasteiger partial charge is 0.488 e. The van der Waals surface area contributed by atoms with Crippen LogP contribution in [0.5, 0.6) is 5.75 Å². The summed E-state index contributed by atoms with van der Waals surface area (Å²) in [5.41, 5.74) is 5.77. The lowest BCUT2D eigenvalue weighted by Gasteiger charge is -2.38. The van der Waals surface area contributed by atoms with Crippen LogP contribution >= 0.6 is 0 Å². The van der Waals surface area contributed by atoms with Gasteiger partial charge in [0.25, 0.3) is 5.91 Å². The zero-order valence-corrected chi connectivity index (χ0v) is 22.5. The van der Waals surface area contributed by atoms with E-state index in [1.54, 1.807) is 12.1 Å². The number of piperazine rings is 1. The second-order valence-electron chi connectivity index (χ2n) is 10.4. The van der Waals surface area contributed by atoms with Gasteiger partial charge in [-0.1, -0.05) is 42.5 Å². The first-order valence-electron chi connectivity index (χ1n) is 14.0. The summed E-state index contributed by atoms with van der Waals surface area (Å²) < 4.78 is 19.1. The van der Waals surface area contributed by atoms with Crippen molar-refractivity contribution >= 4 is 17.7 Å². The van der Waals surface area contributed by atoms with E-state index in [0.29, 0.717) is 30.0 Å². The van der Waals surface area contributed by atoms with Gasteiger partial charge in [0.15, 0.2) is 0 Å². The lowest BCUT2D eigenvalue weighted by molar-refractivity contribution is -0.336. The Labute approximate surface area is 234 Å². The molecule has 1 fully saturated rings. The van der Waals surface area contributed by atoms with Gasteiger partial charge < -0.3 is 15.0 Å². The number of ether oxygens (including phenoxy) is 1. The molecule has 1 N–H and O–H groups in total. The number of nitrogens with zero attached hydrogens (tertiary/aromatic N) is 2. The van der Waals surface area contributed by atoms with E-state index < -0.39 is 0 Å². The van der Waals surface area contributed by atoms with Crippen molar-refractivity contribution in [1.82, 2.24) is 10.2 Å². The third-order valence-corrected chi connectivity index (χ3v) is 7.81. The summed E-state index contributed by atoms with van der Waals surface area (Å²) >= 11 is 0. The summed E-state index contributed by atoms with van der Waals surface area (Å²) in [5, 5.41) is 2.98. The second-order valence-corrected chi connectivity index (χ2v) is 10.4. The van der Waals surface area contributed by atoms with Crippen LogP contribution in [0.3, 0.4) is 0 Å². The van der Waals surface area contributed by atoms with Gasteiger partial charge in [-0.2, -0.15) is 0 Å². The molecule has 3 heterocycles. The summed E-state index contributed by atoms with van der Waals surface area (Å²) in [6.07, 6.45) is 3.37. The molecule has 8 heteroatoms. The van der Waals surface area contributed by atoms with E-state index in [0.717, 1.165) is 56.7 Å². The molecule has 208 valence electrons. The van der Waals surface area contributed by atoms with E-state index in [1.807, 2.05) is 6.07 Å². The molecule has 1 amide bonds. The lowest BCUT2D eigenvalue weighted by atomic mass is 9.95. The van der Waals surface area contributed by atoms with E-state index in [-0.39, 0.29) is 24.4 Å². The van der Waals surface area contributed by atoms with Crippen molar-refractivity contribution in [3.8, 4) is 5.75 Å². The zero-order valence-electron chi connectivity index (χ0n) is 22.5. The molecule has 3 aliphatic heterocycles. The number of hydrogen-bond donors (Lipinski definition) is 1. The molecule has 1 saturated heterocycles. The van der Waals surface area contributed by atoms with Gasteiger partial charge in [0.2, 0.25) is 0 Å². The summed E-state index contributed by atoms with van der Waals surface area (Å²) in [5.74, 6) is 0.101. The van der Waals surface area contributed by atoms with Crippen molar-refractivity contribution in [2.75, 3.05) is 50.8 Å². The van der Waals surface area contributed by atoms with Gasteiger partial charge in [-0.05, 0) is 60.9 Å². The number of para-hydroxylation sites is 1. The van der Waals surface area contributed by atoms with Crippen LogP contribution in [-0.4, -0.2) is 56.7 Å². The van der Waals surface area contributed by atoms with E-state index in [2.05, 4.69) is 57.6 Å². The van der Waals surface area contributed by atoms with Crippen LogP contribution < -0.4 is 15.0 Å². The SMILES string of the molecule is O=C(NCCCCN1CCN(c2ccccc2C2OOCc3ccccc32)CC1)C1=Cc2cc(F)ccc2OC1. The maximum absolute atomic E-state index is 13.5. The quantitative estimate of drug-likeness (QED) is 0.323. The minimum absolute atomic E-state index is 0.155. The number of fused-ring (bicyclic) bond motifs is 2. The summed E-state index contributed by atoms with van der Waals surface area (Å²) in [7, 11) is 0. The first kappa shape index (κ1) is 26.5. The number of nitrogens with one attached hydrogen (secondary N) is 1. The molecular weight excluding hydrogens is 509 g/mol. The monoisotopic (exact) mass is 543 g/mol. The number of benzene rings is 3. The fraction of sp³-hybridized carbons (Fsp3) is 0.344. The molecule has 0 spiro atoms. The first-order chi connectivity index (χ1) is 19.7. The molecule has 3 aromatic rings. The average Bonchev–Trinajstić information content (AvgIpc) is 3.00. The van der Waals surface area contributed by atoms with Gasteiger partial charge in [0, 0.05) is 49.5 Å². The van der Waals surface area contributed by atoms with Crippen molar-refractivity contribution in [3.05, 3.63) is 100 Å². The molecule has 3 aliphatic rings. The average molecular weight is 544 g/mol. The Kier molecular flexibility index (Phi) is 8.09. The maximum Gasteiger partial charge on any atom is 0.250 e. The van der Waals surface area contributed by atoms with Gasteiger partial charge in [0.05, 0.1) is 5.57 Å². The predicted octanol–water partition coefficient (Wildman–Crippen LogP) is 4.87. The highest BCUT2D eigenvalue weighted by Gasteiger charge is 2.28. The normalized spacial score (nSPS) is 18.8. The summed E-state index contributed by atoms with van der Waals surface area (Å²) in [6.45, 7) is 6.13. The Balaban J connectivity index is 0.960. The molecule has 40 heavy (non-hydrogen) atoms. The standard InChI is InChI=1S/C32H34FN3O4/c33-26-11-12-30-24(20-26)19-25(21-38-30)32(37)34-13-5-6-14-35-15-17-36(18-16-35)29-10-4-3-9-28(29)31-27-8-2-1-7-23(27)22-39-40-31/h1-4,7-12,19-20,31H,5-6,13-18,21-22H2,(H,34,37). The van der Waals surface area contributed by atoms with Crippen molar-refractivity contribution < 1.29 is 23.7 Å². The van der Waals surface area contributed by atoms with E-state index in [4.69, 9.17) is 14.5 Å². The van der Waals surface area contributed by atoms with Crippen LogP contribution in [0.15, 0.2) is 72.3 Å². The summed E-state index contributed by atoms with van der Waals surface area (Å²) in [4.78, 5) is 28.8. The molecule has 0 aliphatic carbocycles. The lowest BCUT2D eigenvalue weighted by Crippen LogP contribution is -2.47. The molecule has 3 aromatic carbocycles. The highest BCUT2D eigenvalue weighted by atomic mass is 19.1. The minimum Gasteiger partial charge on any atom is -0.488 e. The first-order valence-corrected chi connectivity index (χ1v) is 14.0. The number of unbranched alkanes of at least 4 members (excludes halogenated alkanes) is 1. The van der Waals surface area contributed by atoms with E-state index in [9.17, 15) is 9.18 Å². The highest BCUT2D eigenvalue weighted by Crippen LogP contribution is 2.38. The number of carbonyl (C=O) groups excluding carboxylic acids is 1. The second kappa shape index (κ2) is 12.2. The Hall–Kier alpha value is -3.72. The smallest absolute Gasteiger partial charge is 0.250 e. The van der Waals surface area contributed by atoms with Crippen LogP contribution in [0.25, 0.3) is 6.08 Å². The van der Waals surface area contributed by atoms with E-state index in [1.165, 1.54) is 23.4 Å². The van der Waals surface area contributed by atoms with Crippen LogP contribution in [0.1, 0.15) is 41.2 Å². The third-order valence-electron chi connectivity index (χ3n) is 7.81. The van der Waals surface area contributed by atoms with Gasteiger partial charge in [-0.15, -0.1) is 0 Å². The van der Waals surface area contributed by atoms with Crippen LogP contribution in [0, 0.1) is 5.82 Å². The Bertz CT molecular complexity index is 1390. The van der Waals surface area contributed by atoms with Crippen molar-refractivity contribution in [3.63, 3.8) is 0 Å². The topological polar surface area (TPSA) is 63.3 Å². The number of rotatable bonds is 8. The van der Waals surface area contributed by atoms with Gasteiger partial charge in [-0.25, -0.2) is 14.2 Å². The number of anilines is 1. The molecule has 0 aromatic heterocycles. The molecule has 7 nitrogen and oxygen atoms in total. The minimum atomic E-state index is -0.344. The maximum atomic E-state index is 13.5. The number of carbonyl (C=O) groups is 1. The predicted molar refractivity (Wildman–Crippen MR) is 151 cm³/mol. The Morgan fingerprint density at radius 2 is 1.73 bits per heavy atom. The molecule has 1 atom stereocenters. The Morgan fingerprint density at radius 3 is 2.60 bits per heavy atom. The van der Waals surface area contributed by atoms with Crippen molar-refractivity contribution in [2.24, 2.45) is 0 Å². The molecule has 0 bridgehead atoms. The molecule has 1 unspecified atom stereocenters. The fourth-order valence-corrected chi connectivity index (χ4v) is 5.62. The number of hydrogen-bond acceptors (Lipinski definition) is 6. The molecular formula is C32H34FN3O4. The van der Waals surface area contributed by atoms with Crippen molar-refractivity contribution in [2.45, 2.75) is 25.6 Å². The third kappa shape index (κ3) is 5.89. The van der Waals surface area contributed by atoms with Gasteiger partial charge >= 0.3 is 0 Å². The number of halogens is 1. The van der Waals surface area contributed by atoms with Gasteiger partial charge in [0.1, 0.15) is 30.9 Å². The fourth-order valence-electron chi connectivity index (χ4n) is 5.62. The number of amides is 1. The molecule has 0 radical (unpaired) electrons. The molecule has 6 rings (SSSR count). The van der Waals surface area contributed by atoms with E-state index >= 15 is 0 Å². The zero-order chi connectivity index (χ0) is 27.3. The van der Waals surface area contributed by atoms with Crippen molar-refractivity contribution in [1.29, 1.82) is 0 Å². The summed E-state index contributed by atoms with van der Waals surface area (Å²) in [6, 6.07) is 21.1. The Morgan fingerprint density at radius 1 is 0.925 bits per heavy atom. The van der Waals surface area contributed by atoms with Crippen LogP contribution in [-0.2, 0) is 21.2 Å². The van der Waals surface area contributed by atoms with Gasteiger partial charge in [-0.3, -0.25) is 9.69 Å².